The highest BCUT2D eigenvalue weighted by atomic mass is 16.5. The third-order valence-corrected chi connectivity index (χ3v) is 3.49. The maximum atomic E-state index is 12.4. The molecule has 6 nitrogen and oxygen atoms in total. The minimum atomic E-state index is -0.591. The number of rotatable bonds is 4. The Morgan fingerprint density at radius 1 is 1.38 bits per heavy atom. The summed E-state index contributed by atoms with van der Waals surface area (Å²) in [5, 5.41) is 9.65. The van der Waals surface area contributed by atoms with Gasteiger partial charge in [-0.3, -0.25) is 4.79 Å². The van der Waals surface area contributed by atoms with Crippen LogP contribution < -0.4 is 0 Å². The summed E-state index contributed by atoms with van der Waals surface area (Å²) < 4.78 is 9.89. The largest absolute Gasteiger partial charge is 0.508 e. The first kappa shape index (κ1) is 15.3. The first-order valence-electron chi connectivity index (χ1n) is 6.77. The van der Waals surface area contributed by atoms with Gasteiger partial charge < -0.3 is 19.5 Å². The molecule has 1 saturated heterocycles. The normalized spacial score (nSPS) is 17.5. The van der Waals surface area contributed by atoms with Gasteiger partial charge in [0.15, 0.2) is 0 Å². The standard InChI is InChI=1S/C15H19NO5/c1-16(8-10-3-4-21-9-10)14(18)11-5-12(15(19)20-2)7-13(17)6-11/h5-7,10,17H,3-4,8-9H2,1-2H3/t10-/m0/s1. The van der Waals surface area contributed by atoms with Crippen LogP contribution in [0, 0.1) is 5.92 Å². The van der Waals surface area contributed by atoms with Gasteiger partial charge in [-0.1, -0.05) is 0 Å². The van der Waals surface area contributed by atoms with Crippen molar-refractivity contribution < 1.29 is 24.2 Å². The van der Waals surface area contributed by atoms with Gasteiger partial charge in [-0.15, -0.1) is 0 Å². The van der Waals surface area contributed by atoms with E-state index in [9.17, 15) is 14.7 Å². The number of nitrogens with zero attached hydrogens (tertiary/aromatic N) is 1. The zero-order chi connectivity index (χ0) is 15.4. The lowest BCUT2D eigenvalue weighted by molar-refractivity contribution is 0.0600. The van der Waals surface area contributed by atoms with Crippen LogP contribution in [0.4, 0.5) is 0 Å². The van der Waals surface area contributed by atoms with Crippen LogP contribution in [0.15, 0.2) is 18.2 Å². The van der Waals surface area contributed by atoms with E-state index in [-0.39, 0.29) is 22.8 Å². The SMILES string of the molecule is COC(=O)c1cc(O)cc(C(=O)N(C)C[C@@H]2CCOC2)c1. The van der Waals surface area contributed by atoms with Crippen molar-refractivity contribution in [3.63, 3.8) is 0 Å². The molecule has 114 valence electrons. The Morgan fingerprint density at radius 3 is 2.71 bits per heavy atom. The molecule has 0 aliphatic carbocycles. The molecule has 1 heterocycles. The summed E-state index contributed by atoms with van der Waals surface area (Å²) >= 11 is 0. The van der Waals surface area contributed by atoms with E-state index in [1.165, 1.54) is 25.3 Å². The van der Waals surface area contributed by atoms with Gasteiger partial charge in [0.1, 0.15) is 5.75 Å². The van der Waals surface area contributed by atoms with Crippen molar-refractivity contribution in [2.45, 2.75) is 6.42 Å². The Bertz CT molecular complexity index is 537. The van der Waals surface area contributed by atoms with Crippen LogP contribution in [0.5, 0.6) is 5.75 Å². The molecule has 0 unspecified atom stereocenters. The van der Waals surface area contributed by atoms with Gasteiger partial charge in [-0.05, 0) is 24.6 Å². The van der Waals surface area contributed by atoms with Crippen LogP contribution in [0.2, 0.25) is 0 Å². The molecule has 0 aromatic heterocycles. The predicted molar refractivity (Wildman–Crippen MR) is 75.3 cm³/mol. The summed E-state index contributed by atoms with van der Waals surface area (Å²) in [6, 6.07) is 4.04. The van der Waals surface area contributed by atoms with E-state index in [0.717, 1.165) is 13.0 Å². The topological polar surface area (TPSA) is 76.1 Å². The molecule has 1 aromatic rings. The van der Waals surface area contributed by atoms with E-state index in [1.54, 1.807) is 11.9 Å². The smallest absolute Gasteiger partial charge is 0.338 e. The Labute approximate surface area is 123 Å². The summed E-state index contributed by atoms with van der Waals surface area (Å²) in [7, 11) is 2.95. The molecule has 0 spiro atoms. The monoisotopic (exact) mass is 293 g/mol. The summed E-state index contributed by atoms with van der Waals surface area (Å²) in [5.74, 6) is -0.648. The van der Waals surface area contributed by atoms with E-state index >= 15 is 0 Å². The Balaban J connectivity index is 2.13. The minimum Gasteiger partial charge on any atom is -0.508 e. The Hall–Kier alpha value is -2.08. The van der Waals surface area contributed by atoms with Crippen LogP contribution in [0.3, 0.4) is 0 Å². The van der Waals surface area contributed by atoms with Crippen molar-refractivity contribution in [2.24, 2.45) is 5.92 Å². The molecule has 1 atom stereocenters. The number of aromatic hydroxyl groups is 1. The average Bonchev–Trinajstić information content (AvgIpc) is 2.97. The fourth-order valence-electron chi connectivity index (χ4n) is 2.39. The number of benzene rings is 1. The zero-order valence-electron chi connectivity index (χ0n) is 12.2. The van der Waals surface area contributed by atoms with Crippen LogP contribution in [-0.2, 0) is 9.47 Å². The molecule has 21 heavy (non-hydrogen) atoms. The first-order chi connectivity index (χ1) is 10.0. The van der Waals surface area contributed by atoms with Gasteiger partial charge in [0.25, 0.3) is 5.91 Å². The van der Waals surface area contributed by atoms with Crippen molar-refractivity contribution in [3.05, 3.63) is 29.3 Å². The summed E-state index contributed by atoms with van der Waals surface area (Å²) in [6.07, 6.45) is 0.936. The Morgan fingerprint density at radius 2 is 2.10 bits per heavy atom. The lowest BCUT2D eigenvalue weighted by Crippen LogP contribution is -2.32. The molecule has 1 aromatic carbocycles. The van der Waals surface area contributed by atoms with E-state index in [1.807, 2.05) is 0 Å². The maximum Gasteiger partial charge on any atom is 0.338 e. The van der Waals surface area contributed by atoms with Gasteiger partial charge >= 0.3 is 5.97 Å². The van der Waals surface area contributed by atoms with Crippen molar-refractivity contribution in [2.75, 3.05) is 33.9 Å². The summed E-state index contributed by atoms with van der Waals surface area (Å²) in [6.45, 7) is 1.97. The number of esters is 1. The first-order valence-corrected chi connectivity index (χ1v) is 6.77. The molecule has 2 rings (SSSR count). The number of phenolic OH excluding ortho intramolecular Hbond substituents is 1. The molecular weight excluding hydrogens is 274 g/mol. The molecule has 6 heteroatoms. The van der Waals surface area contributed by atoms with Gasteiger partial charge in [0.05, 0.1) is 19.3 Å². The van der Waals surface area contributed by atoms with Gasteiger partial charge in [-0.25, -0.2) is 4.79 Å². The number of amides is 1. The second kappa shape index (κ2) is 6.58. The highest BCUT2D eigenvalue weighted by molar-refractivity contribution is 5.98. The molecule has 1 N–H and O–H groups in total. The molecule has 1 aliphatic heterocycles. The molecule has 0 radical (unpaired) electrons. The van der Waals surface area contributed by atoms with Crippen molar-refractivity contribution in [1.82, 2.24) is 4.90 Å². The van der Waals surface area contributed by atoms with Crippen LogP contribution in [-0.4, -0.2) is 55.8 Å². The molecule has 0 bridgehead atoms. The maximum absolute atomic E-state index is 12.4. The lowest BCUT2D eigenvalue weighted by Gasteiger charge is -2.20. The van der Waals surface area contributed by atoms with Crippen molar-refractivity contribution in [3.8, 4) is 5.75 Å². The van der Waals surface area contributed by atoms with Gasteiger partial charge in [0, 0.05) is 31.7 Å². The third kappa shape index (κ3) is 3.72. The van der Waals surface area contributed by atoms with Crippen molar-refractivity contribution in [1.29, 1.82) is 0 Å². The number of carbonyl (C=O) groups excluding carboxylic acids is 2. The average molecular weight is 293 g/mol. The fraction of sp³-hybridized carbons (Fsp3) is 0.467. The number of hydrogen-bond donors (Lipinski definition) is 1. The highest BCUT2D eigenvalue weighted by Crippen LogP contribution is 2.19. The summed E-state index contributed by atoms with van der Waals surface area (Å²) in [5.41, 5.74) is 0.412. The molecular formula is C15H19NO5. The van der Waals surface area contributed by atoms with Crippen molar-refractivity contribution >= 4 is 11.9 Å². The number of hydrogen-bond acceptors (Lipinski definition) is 5. The predicted octanol–water partition coefficient (Wildman–Crippen LogP) is 1.29. The number of carbonyl (C=O) groups is 2. The second-order valence-corrected chi connectivity index (χ2v) is 5.18. The molecule has 1 amide bonds. The van der Waals surface area contributed by atoms with E-state index in [4.69, 9.17) is 4.74 Å². The Kier molecular flexibility index (Phi) is 4.80. The van der Waals surface area contributed by atoms with E-state index < -0.39 is 5.97 Å². The van der Waals surface area contributed by atoms with Gasteiger partial charge in [0.2, 0.25) is 0 Å². The quantitative estimate of drug-likeness (QED) is 0.846. The van der Waals surface area contributed by atoms with Crippen LogP contribution >= 0.6 is 0 Å². The van der Waals surface area contributed by atoms with Crippen LogP contribution in [0.25, 0.3) is 0 Å². The summed E-state index contributed by atoms with van der Waals surface area (Å²) in [4.78, 5) is 25.5. The number of phenols is 1. The third-order valence-electron chi connectivity index (χ3n) is 3.49. The minimum absolute atomic E-state index is 0.140. The molecule has 0 saturated carbocycles. The van der Waals surface area contributed by atoms with E-state index in [2.05, 4.69) is 4.74 Å². The highest BCUT2D eigenvalue weighted by Gasteiger charge is 2.22. The van der Waals surface area contributed by atoms with E-state index in [0.29, 0.717) is 19.1 Å². The number of methoxy groups -OCH3 is 1. The second-order valence-electron chi connectivity index (χ2n) is 5.18. The molecule has 1 fully saturated rings. The number of ether oxygens (including phenoxy) is 2. The van der Waals surface area contributed by atoms with Crippen LogP contribution in [0.1, 0.15) is 27.1 Å². The molecule has 1 aliphatic rings. The zero-order valence-corrected chi connectivity index (χ0v) is 12.2. The van der Waals surface area contributed by atoms with Gasteiger partial charge in [-0.2, -0.15) is 0 Å². The fourth-order valence-corrected chi connectivity index (χ4v) is 2.39. The lowest BCUT2D eigenvalue weighted by atomic mass is 10.1.